The standard InChI is InChI=1S/C10H12BrN3.2ClH/c1-7(12)3-2-4-8-5-9(11)10(13)14-6-8;;/h5-7H,3,12H2,1H3,(H2,13,14);2*1H/t7-;;/m0../s1. The molecule has 0 radical (unpaired) electrons. The first-order valence-corrected chi connectivity index (χ1v) is 5.04. The second kappa shape index (κ2) is 8.66. The lowest BCUT2D eigenvalue weighted by Gasteiger charge is -1.97. The Kier molecular flexibility index (Phi) is 9.69. The average molecular weight is 327 g/mol. The van der Waals surface area contributed by atoms with Crippen LogP contribution >= 0.6 is 40.7 Å². The number of anilines is 1. The molecule has 1 aromatic rings. The Morgan fingerprint density at radius 2 is 2.12 bits per heavy atom. The lowest BCUT2D eigenvalue weighted by molar-refractivity contribution is 0.771. The summed E-state index contributed by atoms with van der Waals surface area (Å²) < 4.78 is 0.769. The van der Waals surface area contributed by atoms with Gasteiger partial charge >= 0.3 is 0 Å². The zero-order valence-electron chi connectivity index (χ0n) is 8.74. The summed E-state index contributed by atoms with van der Waals surface area (Å²) in [5, 5.41) is 0. The molecular formula is C10H14BrCl2N3. The highest BCUT2D eigenvalue weighted by Gasteiger charge is 1.96. The van der Waals surface area contributed by atoms with E-state index in [1.807, 2.05) is 13.0 Å². The summed E-state index contributed by atoms with van der Waals surface area (Å²) in [5.41, 5.74) is 11.9. The van der Waals surface area contributed by atoms with Crippen molar-refractivity contribution in [3.8, 4) is 11.8 Å². The Labute approximate surface area is 116 Å². The van der Waals surface area contributed by atoms with Crippen LogP contribution in [-0.4, -0.2) is 11.0 Å². The van der Waals surface area contributed by atoms with Crippen LogP contribution in [0.4, 0.5) is 5.82 Å². The predicted octanol–water partition coefficient (Wildman–Crippen LogP) is 2.36. The highest BCUT2D eigenvalue weighted by atomic mass is 79.9. The Balaban J connectivity index is 0. The fourth-order valence-electron chi connectivity index (χ4n) is 0.831. The van der Waals surface area contributed by atoms with Gasteiger partial charge in [0.25, 0.3) is 0 Å². The van der Waals surface area contributed by atoms with E-state index in [-0.39, 0.29) is 30.9 Å². The van der Waals surface area contributed by atoms with Crippen molar-refractivity contribution >= 4 is 46.6 Å². The summed E-state index contributed by atoms with van der Waals surface area (Å²) in [4.78, 5) is 3.97. The summed E-state index contributed by atoms with van der Waals surface area (Å²) in [6, 6.07) is 1.95. The van der Waals surface area contributed by atoms with Crippen LogP contribution in [0.15, 0.2) is 16.7 Å². The molecule has 3 nitrogen and oxygen atoms in total. The molecule has 0 aromatic carbocycles. The van der Waals surface area contributed by atoms with Crippen LogP contribution in [0.1, 0.15) is 18.9 Å². The van der Waals surface area contributed by atoms with Crippen molar-refractivity contribution in [2.75, 3.05) is 5.73 Å². The first kappa shape index (κ1) is 17.9. The second-order valence-corrected chi connectivity index (χ2v) is 3.93. The second-order valence-electron chi connectivity index (χ2n) is 3.07. The molecule has 0 fully saturated rings. The number of hydrogen-bond acceptors (Lipinski definition) is 3. The predicted molar refractivity (Wildman–Crippen MR) is 76.0 cm³/mol. The van der Waals surface area contributed by atoms with Crippen molar-refractivity contribution in [2.45, 2.75) is 19.4 Å². The first-order chi connectivity index (χ1) is 6.59. The molecule has 0 unspecified atom stereocenters. The molecule has 16 heavy (non-hydrogen) atoms. The van der Waals surface area contributed by atoms with E-state index in [9.17, 15) is 0 Å². The minimum atomic E-state index is 0. The molecule has 1 atom stereocenters. The van der Waals surface area contributed by atoms with Gasteiger partial charge < -0.3 is 11.5 Å². The molecule has 0 spiro atoms. The van der Waals surface area contributed by atoms with Crippen LogP contribution in [0.5, 0.6) is 0 Å². The van der Waals surface area contributed by atoms with Crippen LogP contribution in [-0.2, 0) is 0 Å². The van der Waals surface area contributed by atoms with Crippen LogP contribution in [0.3, 0.4) is 0 Å². The maximum atomic E-state index is 5.56. The molecule has 0 saturated carbocycles. The summed E-state index contributed by atoms with van der Waals surface area (Å²) in [6.45, 7) is 1.92. The van der Waals surface area contributed by atoms with E-state index in [0.717, 1.165) is 10.0 Å². The van der Waals surface area contributed by atoms with Crippen molar-refractivity contribution in [1.82, 2.24) is 4.98 Å². The average Bonchev–Trinajstić information content (AvgIpc) is 2.10. The number of nitrogens with two attached hydrogens (primary N) is 2. The molecule has 0 amide bonds. The molecule has 6 heteroatoms. The van der Waals surface area contributed by atoms with Gasteiger partial charge in [-0.05, 0) is 28.9 Å². The van der Waals surface area contributed by atoms with Crippen molar-refractivity contribution in [1.29, 1.82) is 0 Å². The maximum absolute atomic E-state index is 5.56. The molecule has 1 heterocycles. The summed E-state index contributed by atoms with van der Waals surface area (Å²) in [7, 11) is 0. The topological polar surface area (TPSA) is 64.9 Å². The fraction of sp³-hybridized carbons (Fsp3) is 0.300. The normalized spacial score (nSPS) is 10.2. The quantitative estimate of drug-likeness (QED) is 0.779. The van der Waals surface area contributed by atoms with Gasteiger partial charge in [0.05, 0.1) is 4.47 Å². The minimum absolute atomic E-state index is 0. The van der Waals surface area contributed by atoms with Gasteiger partial charge in [-0.3, -0.25) is 0 Å². The number of nitrogen functional groups attached to an aromatic ring is 1. The van der Waals surface area contributed by atoms with E-state index in [4.69, 9.17) is 11.5 Å². The molecular weight excluding hydrogens is 313 g/mol. The number of pyridine rings is 1. The van der Waals surface area contributed by atoms with Crippen LogP contribution in [0.2, 0.25) is 0 Å². The Hall–Kier alpha value is -0.470. The third-order valence-corrected chi connectivity index (χ3v) is 2.16. The third kappa shape index (κ3) is 6.19. The zero-order valence-corrected chi connectivity index (χ0v) is 12.0. The highest BCUT2D eigenvalue weighted by molar-refractivity contribution is 9.10. The van der Waals surface area contributed by atoms with E-state index >= 15 is 0 Å². The van der Waals surface area contributed by atoms with E-state index in [0.29, 0.717) is 12.2 Å². The van der Waals surface area contributed by atoms with Crippen molar-refractivity contribution in [2.24, 2.45) is 5.73 Å². The van der Waals surface area contributed by atoms with E-state index in [1.165, 1.54) is 0 Å². The molecule has 0 aliphatic heterocycles. The summed E-state index contributed by atoms with van der Waals surface area (Å²) in [5.74, 6) is 6.41. The zero-order chi connectivity index (χ0) is 10.6. The Bertz CT molecular complexity index is 385. The molecule has 1 aromatic heterocycles. The highest BCUT2D eigenvalue weighted by Crippen LogP contribution is 2.16. The molecule has 0 saturated heterocycles. The molecule has 4 N–H and O–H groups in total. The smallest absolute Gasteiger partial charge is 0.137 e. The first-order valence-electron chi connectivity index (χ1n) is 4.25. The van der Waals surface area contributed by atoms with Gasteiger partial charge in [-0.25, -0.2) is 4.98 Å². The molecule has 0 bridgehead atoms. The van der Waals surface area contributed by atoms with Gasteiger partial charge in [-0.2, -0.15) is 0 Å². The maximum Gasteiger partial charge on any atom is 0.137 e. The molecule has 90 valence electrons. The van der Waals surface area contributed by atoms with Crippen molar-refractivity contribution in [3.63, 3.8) is 0 Å². The van der Waals surface area contributed by atoms with Crippen molar-refractivity contribution in [3.05, 3.63) is 22.3 Å². The van der Waals surface area contributed by atoms with Gasteiger partial charge in [0.2, 0.25) is 0 Å². The largest absolute Gasteiger partial charge is 0.383 e. The molecule has 1 rings (SSSR count). The Morgan fingerprint density at radius 3 is 2.62 bits per heavy atom. The van der Waals surface area contributed by atoms with Crippen LogP contribution < -0.4 is 11.5 Å². The van der Waals surface area contributed by atoms with Crippen LogP contribution in [0, 0.1) is 11.8 Å². The number of rotatable bonds is 1. The van der Waals surface area contributed by atoms with Crippen molar-refractivity contribution < 1.29 is 0 Å². The van der Waals surface area contributed by atoms with E-state index in [1.54, 1.807) is 6.20 Å². The molecule has 0 aliphatic carbocycles. The SMILES string of the molecule is C[C@H](N)CC#Cc1cnc(N)c(Br)c1.Cl.Cl. The third-order valence-electron chi connectivity index (χ3n) is 1.53. The summed E-state index contributed by atoms with van der Waals surface area (Å²) in [6.07, 6.45) is 2.33. The van der Waals surface area contributed by atoms with Gasteiger partial charge in [0.1, 0.15) is 5.82 Å². The lowest BCUT2D eigenvalue weighted by atomic mass is 10.2. The molecule has 0 aliphatic rings. The number of hydrogen-bond donors (Lipinski definition) is 2. The van der Waals surface area contributed by atoms with Gasteiger partial charge in [-0.1, -0.05) is 11.8 Å². The summed E-state index contributed by atoms with van der Waals surface area (Å²) >= 11 is 3.29. The number of nitrogens with zero attached hydrogens (tertiary/aromatic N) is 1. The van der Waals surface area contributed by atoms with E-state index < -0.39 is 0 Å². The van der Waals surface area contributed by atoms with Gasteiger partial charge in [0, 0.05) is 24.2 Å². The Morgan fingerprint density at radius 1 is 1.50 bits per heavy atom. The fourth-order valence-corrected chi connectivity index (χ4v) is 1.18. The lowest BCUT2D eigenvalue weighted by Crippen LogP contribution is -2.12. The van der Waals surface area contributed by atoms with Crippen LogP contribution in [0.25, 0.3) is 0 Å². The van der Waals surface area contributed by atoms with E-state index in [2.05, 4.69) is 32.8 Å². The monoisotopic (exact) mass is 325 g/mol. The van der Waals surface area contributed by atoms with Gasteiger partial charge in [0.15, 0.2) is 0 Å². The number of halogens is 3. The number of aromatic nitrogens is 1. The van der Waals surface area contributed by atoms with Gasteiger partial charge in [-0.15, -0.1) is 24.8 Å². The minimum Gasteiger partial charge on any atom is -0.383 e.